The van der Waals surface area contributed by atoms with E-state index in [1.165, 1.54) is 0 Å². The van der Waals surface area contributed by atoms with Crippen molar-refractivity contribution >= 4 is 5.82 Å². The van der Waals surface area contributed by atoms with Gasteiger partial charge in [-0.3, -0.25) is 0 Å². The molecule has 1 atom stereocenters. The van der Waals surface area contributed by atoms with E-state index in [9.17, 15) is 10.2 Å². The Balaban J connectivity index is 2.29. The van der Waals surface area contributed by atoms with Gasteiger partial charge in [-0.1, -0.05) is 36.4 Å². The molecule has 1 aromatic heterocycles. The molecule has 1 heterocycles. The van der Waals surface area contributed by atoms with Crippen LogP contribution in [0.1, 0.15) is 24.2 Å². The zero-order chi connectivity index (χ0) is 14.4. The van der Waals surface area contributed by atoms with Crippen LogP contribution in [0.25, 0.3) is 0 Å². The summed E-state index contributed by atoms with van der Waals surface area (Å²) in [5.41, 5.74) is 1.92. The number of aromatic nitrogens is 1. The number of anilines is 1. The molecule has 106 valence electrons. The Morgan fingerprint density at radius 2 is 1.90 bits per heavy atom. The first kappa shape index (κ1) is 14.5. The maximum atomic E-state index is 9.86. The highest BCUT2D eigenvalue weighted by molar-refractivity contribution is 5.48. The molecular formula is C16H20N2O2. The first-order valence-corrected chi connectivity index (χ1v) is 6.75. The Kier molecular flexibility index (Phi) is 5.09. The molecule has 0 spiro atoms. The highest BCUT2D eigenvalue weighted by Crippen LogP contribution is 2.24. The molecule has 0 aliphatic rings. The lowest BCUT2D eigenvalue weighted by molar-refractivity contribution is 0.199. The van der Waals surface area contributed by atoms with E-state index in [4.69, 9.17) is 0 Å². The summed E-state index contributed by atoms with van der Waals surface area (Å²) in [6, 6.07) is 13.7. The first-order valence-electron chi connectivity index (χ1n) is 6.75. The van der Waals surface area contributed by atoms with Gasteiger partial charge in [0, 0.05) is 24.8 Å². The summed E-state index contributed by atoms with van der Waals surface area (Å²) < 4.78 is 0. The molecule has 0 unspecified atom stereocenters. The van der Waals surface area contributed by atoms with Gasteiger partial charge in [0.15, 0.2) is 0 Å². The SMILES string of the molecule is C[C@@H](O)c1cccnc1N(CCO)Cc1ccccc1. The van der Waals surface area contributed by atoms with Gasteiger partial charge in [0.2, 0.25) is 0 Å². The van der Waals surface area contributed by atoms with Crippen molar-refractivity contribution < 1.29 is 10.2 Å². The Labute approximate surface area is 119 Å². The summed E-state index contributed by atoms with van der Waals surface area (Å²) in [4.78, 5) is 6.35. The number of rotatable bonds is 6. The van der Waals surface area contributed by atoms with Gasteiger partial charge in [0.05, 0.1) is 12.7 Å². The van der Waals surface area contributed by atoms with Crippen molar-refractivity contribution in [2.75, 3.05) is 18.1 Å². The van der Waals surface area contributed by atoms with Crippen molar-refractivity contribution in [2.45, 2.75) is 19.6 Å². The summed E-state index contributed by atoms with van der Waals surface area (Å²) in [5.74, 6) is 0.723. The van der Waals surface area contributed by atoms with Crippen molar-refractivity contribution in [3.8, 4) is 0 Å². The van der Waals surface area contributed by atoms with Gasteiger partial charge in [-0.05, 0) is 18.6 Å². The molecule has 0 radical (unpaired) electrons. The van der Waals surface area contributed by atoms with E-state index in [0.29, 0.717) is 13.1 Å². The van der Waals surface area contributed by atoms with E-state index in [2.05, 4.69) is 4.98 Å². The van der Waals surface area contributed by atoms with Crippen LogP contribution in [0.15, 0.2) is 48.7 Å². The molecule has 20 heavy (non-hydrogen) atoms. The number of aliphatic hydroxyl groups excluding tert-OH is 2. The van der Waals surface area contributed by atoms with Crippen LogP contribution in [0.5, 0.6) is 0 Å². The average molecular weight is 272 g/mol. The van der Waals surface area contributed by atoms with Crippen molar-refractivity contribution in [1.29, 1.82) is 0 Å². The Hall–Kier alpha value is -1.91. The average Bonchev–Trinajstić information content (AvgIpc) is 2.48. The predicted molar refractivity (Wildman–Crippen MR) is 79.4 cm³/mol. The van der Waals surface area contributed by atoms with Gasteiger partial charge in [-0.15, -0.1) is 0 Å². The smallest absolute Gasteiger partial charge is 0.134 e. The quantitative estimate of drug-likeness (QED) is 0.846. The van der Waals surface area contributed by atoms with E-state index >= 15 is 0 Å². The molecule has 4 heteroatoms. The minimum absolute atomic E-state index is 0.0443. The van der Waals surface area contributed by atoms with Gasteiger partial charge < -0.3 is 15.1 Å². The molecule has 0 amide bonds. The zero-order valence-electron chi connectivity index (χ0n) is 11.6. The Bertz CT molecular complexity index is 529. The van der Waals surface area contributed by atoms with Gasteiger partial charge in [0.25, 0.3) is 0 Å². The van der Waals surface area contributed by atoms with Crippen LogP contribution >= 0.6 is 0 Å². The maximum Gasteiger partial charge on any atom is 0.134 e. The van der Waals surface area contributed by atoms with Gasteiger partial charge in [-0.25, -0.2) is 4.98 Å². The van der Waals surface area contributed by atoms with E-state index < -0.39 is 6.10 Å². The van der Waals surface area contributed by atoms with E-state index in [1.807, 2.05) is 47.4 Å². The second kappa shape index (κ2) is 7.03. The number of benzene rings is 1. The molecule has 2 rings (SSSR count). The Morgan fingerprint density at radius 3 is 2.55 bits per heavy atom. The summed E-state index contributed by atoms with van der Waals surface area (Å²) in [5, 5.41) is 19.1. The number of pyridine rings is 1. The lowest BCUT2D eigenvalue weighted by atomic mass is 10.1. The minimum Gasteiger partial charge on any atom is -0.395 e. The summed E-state index contributed by atoms with van der Waals surface area (Å²) in [7, 11) is 0. The third-order valence-corrected chi connectivity index (χ3v) is 3.15. The predicted octanol–water partition coefficient (Wildman–Crippen LogP) is 2.13. The molecule has 0 bridgehead atoms. The molecular weight excluding hydrogens is 252 g/mol. The van der Waals surface area contributed by atoms with Crippen molar-refractivity contribution in [3.05, 3.63) is 59.8 Å². The van der Waals surface area contributed by atoms with Crippen LogP contribution in [0.2, 0.25) is 0 Å². The maximum absolute atomic E-state index is 9.86. The number of hydrogen-bond acceptors (Lipinski definition) is 4. The second-order valence-corrected chi connectivity index (χ2v) is 4.72. The van der Waals surface area contributed by atoms with Crippen LogP contribution < -0.4 is 4.90 Å². The normalized spacial score (nSPS) is 12.2. The number of aliphatic hydroxyl groups is 2. The lowest BCUT2D eigenvalue weighted by Crippen LogP contribution is -2.28. The largest absolute Gasteiger partial charge is 0.395 e. The molecule has 2 aromatic rings. The van der Waals surface area contributed by atoms with Crippen molar-refractivity contribution in [1.82, 2.24) is 4.98 Å². The van der Waals surface area contributed by atoms with Crippen LogP contribution in [0.3, 0.4) is 0 Å². The molecule has 0 aliphatic heterocycles. The lowest BCUT2D eigenvalue weighted by Gasteiger charge is -2.26. The van der Waals surface area contributed by atoms with E-state index in [-0.39, 0.29) is 6.61 Å². The van der Waals surface area contributed by atoms with Gasteiger partial charge in [-0.2, -0.15) is 0 Å². The molecule has 0 aliphatic carbocycles. The van der Waals surface area contributed by atoms with Crippen LogP contribution in [-0.2, 0) is 6.54 Å². The van der Waals surface area contributed by atoms with Crippen LogP contribution in [-0.4, -0.2) is 28.3 Å². The Morgan fingerprint density at radius 1 is 1.15 bits per heavy atom. The molecule has 1 aromatic carbocycles. The molecule has 0 saturated heterocycles. The third-order valence-electron chi connectivity index (χ3n) is 3.15. The second-order valence-electron chi connectivity index (χ2n) is 4.72. The summed E-state index contributed by atoms with van der Waals surface area (Å²) in [6.45, 7) is 2.90. The fourth-order valence-electron chi connectivity index (χ4n) is 2.18. The van der Waals surface area contributed by atoms with Gasteiger partial charge >= 0.3 is 0 Å². The molecule has 0 saturated carbocycles. The van der Waals surface area contributed by atoms with Crippen molar-refractivity contribution in [2.24, 2.45) is 0 Å². The van der Waals surface area contributed by atoms with E-state index in [1.54, 1.807) is 13.1 Å². The highest BCUT2D eigenvalue weighted by atomic mass is 16.3. The molecule has 0 fully saturated rings. The monoisotopic (exact) mass is 272 g/mol. The first-order chi connectivity index (χ1) is 9.72. The minimum atomic E-state index is -0.587. The third kappa shape index (κ3) is 3.56. The van der Waals surface area contributed by atoms with Gasteiger partial charge in [0.1, 0.15) is 5.82 Å². The van der Waals surface area contributed by atoms with Crippen molar-refractivity contribution in [3.63, 3.8) is 0 Å². The fraction of sp³-hybridized carbons (Fsp3) is 0.312. The van der Waals surface area contributed by atoms with Crippen LogP contribution in [0, 0.1) is 0 Å². The standard InChI is InChI=1S/C16H20N2O2/c1-13(20)15-8-5-9-17-16(15)18(10-11-19)12-14-6-3-2-4-7-14/h2-9,13,19-20H,10-12H2,1H3/t13-/m1/s1. The number of nitrogens with zero attached hydrogens (tertiary/aromatic N) is 2. The van der Waals surface area contributed by atoms with Crippen LogP contribution in [0.4, 0.5) is 5.82 Å². The summed E-state index contributed by atoms with van der Waals surface area (Å²) >= 11 is 0. The zero-order valence-corrected chi connectivity index (χ0v) is 11.6. The topological polar surface area (TPSA) is 56.6 Å². The number of hydrogen-bond donors (Lipinski definition) is 2. The molecule has 2 N–H and O–H groups in total. The fourth-order valence-corrected chi connectivity index (χ4v) is 2.18. The summed E-state index contributed by atoms with van der Waals surface area (Å²) in [6.07, 6.45) is 1.12. The molecule has 4 nitrogen and oxygen atoms in total. The van der Waals surface area contributed by atoms with E-state index in [0.717, 1.165) is 16.9 Å². The highest BCUT2D eigenvalue weighted by Gasteiger charge is 2.15.